The highest BCUT2D eigenvalue weighted by atomic mass is 19.1. The number of pyridine rings is 1. The molecule has 0 spiro atoms. The smallest absolute Gasteiger partial charge is 0.261 e. The molecule has 0 unspecified atom stereocenters. The van der Waals surface area contributed by atoms with Crippen molar-refractivity contribution in [2.75, 3.05) is 19.0 Å². The van der Waals surface area contributed by atoms with Gasteiger partial charge in [-0.25, -0.2) is 4.39 Å². The molecule has 0 saturated carbocycles. The van der Waals surface area contributed by atoms with Gasteiger partial charge < -0.3 is 14.6 Å². The van der Waals surface area contributed by atoms with Crippen molar-refractivity contribution in [2.45, 2.75) is 47.1 Å². The monoisotopic (exact) mass is 374 g/mol. The predicted octanol–water partition coefficient (Wildman–Crippen LogP) is 3.63. The first-order valence-electron chi connectivity index (χ1n) is 9.17. The quantitative estimate of drug-likeness (QED) is 0.805. The summed E-state index contributed by atoms with van der Waals surface area (Å²) in [7, 11) is 1.55. The van der Waals surface area contributed by atoms with Gasteiger partial charge in [0.1, 0.15) is 5.56 Å². The molecule has 0 aliphatic rings. The molecule has 0 fully saturated rings. The van der Waals surface area contributed by atoms with E-state index in [4.69, 9.17) is 4.74 Å². The van der Waals surface area contributed by atoms with Gasteiger partial charge in [0.05, 0.1) is 12.3 Å². The average molecular weight is 374 g/mol. The van der Waals surface area contributed by atoms with E-state index in [0.717, 1.165) is 24.0 Å². The number of hydrogen-bond acceptors (Lipinski definition) is 3. The lowest BCUT2D eigenvalue weighted by Crippen LogP contribution is -2.31. The maximum atomic E-state index is 14.5. The predicted molar refractivity (Wildman–Crippen MR) is 105 cm³/mol. The number of aromatic nitrogens is 1. The second-order valence-corrected chi connectivity index (χ2v) is 6.45. The highest BCUT2D eigenvalue weighted by molar-refractivity contribution is 6.05. The Labute approximate surface area is 159 Å². The summed E-state index contributed by atoms with van der Waals surface area (Å²) in [5, 5.41) is 2.86. The fourth-order valence-electron chi connectivity index (χ4n) is 3.31. The van der Waals surface area contributed by atoms with Gasteiger partial charge in [0, 0.05) is 25.0 Å². The van der Waals surface area contributed by atoms with Gasteiger partial charge in [-0.15, -0.1) is 0 Å². The minimum Gasteiger partial charge on any atom is -0.383 e. The van der Waals surface area contributed by atoms with E-state index < -0.39 is 17.2 Å². The number of nitrogens with zero attached hydrogens (tertiary/aromatic N) is 1. The van der Waals surface area contributed by atoms with Crippen molar-refractivity contribution in [3.8, 4) is 0 Å². The highest BCUT2D eigenvalue weighted by Gasteiger charge is 2.23. The van der Waals surface area contributed by atoms with Crippen molar-refractivity contribution in [1.29, 1.82) is 0 Å². The van der Waals surface area contributed by atoms with Gasteiger partial charge in [-0.1, -0.05) is 32.0 Å². The zero-order chi connectivity index (χ0) is 20.1. The SMILES string of the molecule is CCc1cccc(CC)c1NC(=O)c1c(C)n(CCOC)c(C)c(F)c1=O. The van der Waals surface area contributed by atoms with Crippen LogP contribution in [0.1, 0.15) is 46.7 Å². The largest absolute Gasteiger partial charge is 0.383 e. The number of amides is 1. The molecule has 1 aromatic heterocycles. The Bertz CT molecular complexity index is 881. The minimum absolute atomic E-state index is 0.165. The van der Waals surface area contributed by atoms with Gasteiger partial charge in [0.15, 0.2) is 5.82 Å². The lowest BCUT2D eigenvalue weighted by atomic mass is 10.0. The molecular weight excluding hydrogens is 347 g/mol. The number of para-hydroxylation sites is 1. The molecule has 27 heavy (non-hydrogen) atoms. The van der Waals surface area contributed by atoms with Crippen molar-refractivity contribution >= 4 is 11.6 Å². The molecule has 0 aliphatic heterocycles. The number of methoxy groups -OCH3 is 1. The van der Waals surface area contributed by atoms with Crippen LogP contribution in [0.3, 0.4) is 0 Å². The van der Waals surface area contributed by atoms with Gasteiger partial charge in [-0.05, 0) is 37.8 Å². The summed E-state index contributed by atoms with van der Waals surface area (Å²) in [6, 6.07) is 5.82. The fourth-order valence-corrected chi connectivity index (χ4v) is 3.31. The van der Waals surface area contributed by atoms with Crippen molar-refractivity contribution in [1.82, 2.24) is 4.57 Å². The van der Waals surface area contributed by atoms with Crippen LogP contribution in [0.4, 0.5) is 10.1 Å². The number of aryl methyl sites for hydroxylation is 2. The van der Waals surface area contributed by atoms with E-state index in [1.165, 1.54) is 6.92 Å². The number of carbonyl (C=O) groups excluding carboxylic acids is 1. The lowest BCUT2D eigenvalue weighted by Gasteiger charge is -2.19. The van der Waals surface area contributed by atoms with Crippen LogP contribution in [0.25, 0.3) is 0 Å². The summed E-state index contributed by atoms with van der Waals surface area (Å²) in [5.41, 5.74) is 2.26. The maximum Gasteiger partial charge on any atom is 0.261 e. The second kappa shape index (κ2) is 8.95. The Balaban J connectivity index is 2.55. The fraction of sp³-hybridized carbons (Fsp3) is 0.429. The zero-order valence-corrected chi connectivity index (χ0v) is 16.6. The first kappa shape index (κ1) is 20.8. The van der Waals surface area contributed by atoms with Gasteiger partial charge in [-0.2, -0.15) is 0 Å². The van der Waals surface area contributed by atoms with Crippen molar-refractivity contribution in [3.63, 3.8) is 0 Å². The summed E-state index contributed by atoms with van der Waals surface area (Å²) in [6.07, 6.45) is 1.48. The molecule has 1 amide bonds. The number of rotatable bonds is 7. The van der Waals surface area contributed by atoms with Crippen LogP contribution < -0.4 is 10.7 Å². The van der Waals surface area contributed by atoms with Crippen LogP contribution >= 0.6 is 0 Å². The Morgan fingerprint density at radius 3 is 2.26 bits per heavy atom. The van der Waals surface area contributed by atoms with Gasteiger partial charge in [0.2, 0.25) is 5.43 Å². The molecule has 1 heterocycles. The topological polar surface area (TPSA) is 60.3 Å². The van der Waals surface area contributed by atoms with Crippen LogP contribution in [0, 0.1) is 19.7 Å². The van der Waals surface area contributed by atoms with Crippen LogP contribution in [0.2, 0.25) is 0 Å². The van der Waals surface area contributed by atoms with E-state index in [9.17, 15) is 14.0 Å². The molecule has 0 atom stereocenters. The number of hydrogen-bond donors (Lipinski definition) is 1. The molecule has 0 radical (unpaired) electrons. The third kappa shape index (κ3) is 4.11. The van der Waals surface area contributed by atoms with Crippen LogP contribution in [-0.4, -0.2) is 24.2 Å². The summed E-state index contributed by atoms with van der Waals surface area (Å²) in [6.45, 7) is 7.90. The lowest BCUT2D eigenvalue weighted by molar-refractivity contribution is 0.102. The normalized spacial score (nSPS) is 10.9. The van der Waals surface area contributed by atoms with E-state index in [0.29, 0.717) is 24.5 Å². The van der Waals surface area contributed by atoms with E-state index in [1.807, 2.05) is 32.0 Å². The maximum absolute atomic E-state index is 14.5. The number of nitrogens with one attached hydrogen (secondary N) is 1. The molecule has 1 aromatic carbocycles. The molecule has 146 valence electrons. The van der Waals surface area contributed by atoms with Crippen LogP contribution in [-0.2, 0) is 24.1 Å². The average Bonchev–Trinajstić information content (AvgIpc) is 2.66. The highest BCUT2D eigenvalue weighted by Crippen LogP contribution is 2.23. The third-order valence-electron chi connectivity index (χ3n) is 4.90. The molecule has 5 nitrogen and oxygen atoms in total. The molecular formula is C21H27FN2O3. The van der Waals surface area contributed by atoms with Crippen molar-refractivity contribution in [3.05, 3.63) is 62.3 Å². The molecule has 6 heteroatoms. The molecule has 2 rings (SSSR count). The molecule has 0 saturated heterocycles. The van der Waals surface area contributed by atoms with E-state index in [-0.39, 0.29) is 11.3 Å². The standard InChI is InChI=1S/C21H27FN2O3/c1-6-15-9-8-10-16(7-2)19(15)23-21(26)17-13(3)24(11-12-27-5)14(4)18(22)20(17)25/h8-10H,6-7,11-12H2,1-5H3,(H,23,26). The van der Waals surface area contributed by atoms with E-state index in [2.05, 4.69) is 5.32 Å². The number of halogens is 1. The van der Waals surface area contributed by atoms with Crippen molar-refractivity contribution in [2.24, 2.45) is 0 Å². The molecule has 0 aliphatic carbocycles. The van der Waals surface area contributed by atoms with E-state index >= 15 is 0 Å². The zero-order valence-electron chi connectivity index (χ0n) is 16.6. The molecule has 1 N–H and O–H groups in total. The molecule has 0 bridgehead atoms. The number of ether oxygens (including phenoxy) is 1. The number of carbonyl (C=O) groups is 1. The summed E-state index contributed by atoms with van der Waals surface area (Å²) in [4.78, 5) is 25.5. The number of anilines is 1. The van der Waals surface area contributed by atoms with E-state index in [1.54, 1.807) is 18.6 Å². The number of benzene rings is 1. The summed E-state index contributed by atoms with van der Waals surface area (Å²) in [5.74, 6) is -1.49. The second-order valence-electron chi connectivity index (χ2n) is 6.45. The first-order chi connectivity index (χ1) is 12.9. The Kier molecular flexibility index (Phi) is 6.91. The van der Waals surface area contributed by atoms with Crippen molar-refractivity contribution < 1.29 is 13.9 Å². The van der Waals surface area contributed by atoms with Crippen LogP contribution in [0.5, 0.6) is 0 Å². The van der Waals surface area contributed by atoms with Crippen LogP contribution in [0.15, 0.2) is 23.0 Å². The van der Waals surface area contributed by atoms with Gasteiger partial charge in [0.25, 0.3) is 5.91 Å². The van der Waals surface area contributed by atoms with Gasteiger partial charge in [-0.3, -0.25) is 9.59 Å². The summed E-state index contributed by atoms with van der Waals surface area (Å²) < 4.78 is 21.2. The Morgan fingerprint density at radius 2 is 1.74 bits per heavy atom. The Morgan fingerprint density at radius 1 is 1.15 bits per heavy atom. The minimum atomic E-state index is -0.902. The van der Waals surface area contributed by atoms with Gasteiger partial charge >= 0.3 is 0 Å². The Hall–Kier alpha value is -2.47. The first-order valence-corrected chi connectivity index (χ1v) is 9.17. The third-order valence-corrected chi connectivity index (χ3v) is 4.90. The molecule has 2 aromatic rings. The summed E-state index contributed by atoms with van der Waals surface area (Å²) >= 11 is 0.